The van der Waals surface area contributed by atoms with Gasteiger partial charge in [-0.2, -0.15) is 0 Å². The van der Waals surface area contributed by atoms with Crippen molar-refractivity contribution in [2.75, 3.05) is 0 Å². The molecule has 0 radical (unpaired) electrons. The molecular weight excluding hydrogens is 656 g/mol. The Kier molecular flexibility index (Phi) is 6.97. The summed E-state index contributed by atoms with van der Waals surface area (Å²) in [7, 11) is 0. The second-order valence-electron chi connectivity index (χ2n) is 13.2. The van der Waals surface area contributed by atoms with Crippen molar-refractivity contribution in [1.29, 1.82) is 0 Å². The van der Waals surface area contributed by atoms with E-state index in [0.29, 0.717) is 0 Å². The first-order chi connectivity index (χ1) is 23.7. The van der Waals surface area contributed by atoms with Crippen molar-refractivity contribution in [3.63, 3.8) is 0 Å². The Bertz CT molecular complexity index is 2470. The van der Waals surface area contributed by atoms with Gasteiger partial charge in [-0.3, -0.25) is 0 Å². The number of aryl methyl sites for hydroxylation is 2. The number of thiol groups is 1. The van der Waals surface area contributed by atoms with E-state index in [0.717, 1.165) is 77.6 Å². The molecule has 8 aromatic rings. The quantitative estimate of drug-likeness (QED) is 0.111. The number of rotatable bonds is 2. The van der Waals surface area contributed by atoms with Gasteiger partial charge in [0.2, 0.25) is 0 Å². The van der Waals surface area contributed by atoms with Gasteiger partial charge in [-0.25, -0.2) is 0 Å². The van der Waals surface area contributed by atoms with Crippen LogP contribution in [-0.4, -0.2) is 0 Å². The molecule has 49 heavy (non-hydrogen) atoms. The SMILES string of the molecule is Cc1cc(-c2c3ccccc3cc3ccccc23)c2c(c1C)-c1c(C)c(C)cc(-c3c4ccccc4cc4ccccc34)c1OP(=S)(S)O2. The maximum atomic E-state index is 6.97. The fourth-order valence-electron chi connectivity index (χ4n) is 7.81. The summed E-state index contributed by atoms with van der Waals surface area (Å²) >= 11 is 11.3. The minimum atomic E-state index is -3.17. The molecule has 0 N–H and O–H groups in total. The summed E-state index contributed by atoms with van der Waals surface area (Å²) in [5.74, 6) is 1.48. The maximum Gasteiger partial charge on any atom is 0.345 e. The Morgan fingerprint density at radius 3 is 1.08 bits per heavy atom. The number of hydrogen-bond acceptors (Lipinski definition) is 3. The van der Waals surface area contributed by atoms with Crippen molar-refractivity contribution >= 4 is 72.8 Å². The molecule has 1 heterocycles. The summed E-state index contributed by atoms with van der Waals surface area (Å²) in [5, 5.41) is 9.36. The molecule has 9 rings (SSSR count). The molecular formula is C44H33O2PS2. The zero-order valence-electron chi connectivity index (χ0n) is 27.7. The summed E-state index contributed by atoms with van der Waals surface area (Å²) in [6, 6.07) is 43.4. The first kappa shape index (κ1) is 30.5. The van der Waals surface area contributed by atoms with E-state index in [9.17, 15) is 0 Å². The highest BCUT2D eigenvalue weighted by Gasteiger charge is 2.35. The molecule has 1 aliphatic heterocycles. The lowest BCUT2D eigenvalue weighted by molar-refractivity contribution is 0.518. The molecule has 5 heteroatoms. The molecule has 0 atom stereocenters. The van der Waals surface area contributed by atoms with Crippen molar-refractivity contribution in [3.8, 4) is 44.9 Å². The van der Waals surface area contributed by atoms with Gasteiger partial charge in [-0.05, 0) is 129 Å². The van der Waals surface area contributed by atoms with Crippen LogP contribution in [0.1, 0.15) is 22.3 Å². The van der Waals surface area contributed by atoms with Crippen molar-refractivity contribution in [2.45, 2.75) is 27.7 Å². The topological polar surface area (TPSA) is 18.5 Å². The van der Waals surface area contributed by atoms with Gasteiger partial charge in [-0.15, -0.1) is 0 Å². The van der Waals surface area contributed by atoms with Crippen LogP contribution in [0.4, 0.5) is 0 Å². The molecule has 0 amide bonds. The van der Waals surface area contributed by atoms with Crippen LogP contribution >= 0.6 is 17.9 Å². The van der Waals surface area contributed by atoms with Crippen LogP contribution in [0.5, 0.6) is 11.5 Å². The highest BCUT2D eigenvalue weighted by molar-refractivity contribution is 8.60. The summed E-state index contributed by atoms with van der Waals surface area (Å²) in [6.07, 6.45) is 0. The molecule has 0 aromatic heterocycles. The van der Waals surface area contributed by atoms with Crippen LogP contribution in [0.3, 0.4) is 0 Å². The monoisotopic (exact) mass is 688 g/mol. The predicted molar refractivity (Wildman–Crippen MR) is 216 cm³/mol. The smallest absolute Gasteiger partial charge is 0.345 e. The van der Waals surface area contributed by atoms with E-state index < -0.39 is 5.69 Å². The van der Waals surface area contributed by atoms with Crippen LogP contribution in [0.15, 0.2) is 121 Å². The second-order valence-corrected chi connectivity index (χ2v) is 18.3. The summed E-state index contributed by atoms with van der Waals surface area (Å²) in [5.41, 5.74) is 7.77. The highest BCUT2D eigenvalue weighted by Crippen LogP contribution is 2.65. The van der Waals surface area contributed by atoms with Gasteiger partial charge in [0.15, 0.2) is 0 Å². The van der Waals surface area contributed by atoms with Crippen molar-refractivity contribution in [1.82, 2.24) is 0 Å². The molecule has 0 aliphatic carbocycles. The zero-order valence-corrected chi connectivity index (χ0v) is 30.3. The Balaban J connectivity index is 1.46. The van der Waals surface area contributed by atoms with E-state index in [2.05, 4.69) is 149 Å². The van der Waals surface area contributed by atoms with E-state index in [-0.39, 0.29) is 0 Å². The lowest BCUT2D eigenvalue weighted by Gasteiger charge is -2.22. The summed E-state index contributed by atoms with van der Waals surface area (Å²) < 4.78 is 13.9. The van der Waals surface area contributed by atoms with Gasteiger partial charge >= 0.3 is 5.69 Å². The fourth-order valence-corrected chi connectivity index (χ4v) is 9.62. The van der Waals surface area contributed by atoms with Crippen molar-refractivity contribution < 1.29 is 9.05 Å². The number of benzene rings is 8. The van der Waals surface area contributed by atoms with Crippen LogP contribution in [0.25, 0.3) is 76.5 Å². The van der Waals surface area contributed by atoms with Crippen LogP contribution < -0.4 is 9.05 Å². The molecule has 0 spiro atoms. The van der Waals surface area contributed by atoms with E-state index >= 15 is 0 Å². The summed E-state index contributed by atoms with van der Waals surface area (Å²) in [6.45, 7) is 8.76. The Morgan fingerprint density at radius 2 is 0.755 bits per heavy atom. The van der Waals surface area contributed by atoms with Crippen molar-refractivity contribution in [3.05, 3.63) is 144 Å². The summed E-state index contributed by atoms with van der Waals surface area (Å²) in [4.78, 5) is 0. The largest absolute Gasteiger partial charge is 0.427 e. The van der Waals surface area contributed by atoms with E-state index in [1.54, 1.807) is 0 Å². The average Bonchev–Trinajstić information content (AvgIpc) is 3.23. The highest BCUT2D eigenvalue weighted by atomic mass is 32.9. The molecule has 238 valence electrons. The van der Waals surface area contributed by atoms with Gasteiger partial charge < -0.3 is 9.05 Å². The Labute approximate surface area is 296 Å². The average molecular weight is 689 g/mol. The number of hydrogen-bond donors (Lipinski definition) is 1. The second kappa shape index (κ2) is 11.2. The molecule has 0 fully saturated rings. The molecule has 1 aliphatic rings. The van der Waals surface area contributed by atoms with E-state index in [4.69, 9.17) is 33.1 Å². The first-order valence-corrected chi connectivity index (χ1v) is 20.3. The number of fused-ring (bicyclic) bond motifs is 7. The van der Waals surface area contributed by atoms with Crippen molar-refractivity contribution in [2.24, 2.45) is 0 Å². The van der Waals surface area contributed by atoms with E-state index in [1.165, 1.54) is 32.7 Å². The van der Waals surface area contributed by atoms with Gasteiger partial charge in [0.05, 0.1) is 0 Å². The molecule has 0 unspecified atom stereocenters. The standard InChI is InChI=1S/C44H33O2PS2/c1-25-21-37(41-33-17-9-5-13-29(33)23-30-14-6-10-18-34(30)41)43-39(27(25)3)40-28(4)26(2)22-38(44(40)46-47(48,49)45-43)42-35-19-11-7-15-31(35)24-32-16-8-12-20-36(32)42/h5-24H,1-4H3,(H,48,49). The molecule has 0 saturated heterocycles. The van der Waals surface area contributed by atoms with Gasteiger partial charge in [0, 0.05) is 33.4 Å². The molecule has 8 aromatic carbocycles. The molecule has 2 nitrogen and oxygen atoms in total. The third-order valence-corrected chi connectivity index (χ3v) is 12.1. The van der Waals surface area contributed by atoms with Crippen LogP contribution in [0, 0.1) is 27.7 Å². The third kappa shape index (κ3) is 4.73. The minimum Gasteiger partial charge on any atom is -0.427 e. The maximum absolute atomic E-state index is 6.97. The first-order valence-electron chi connectivity index (χ1n) is 16.5. The van der Waals surface area contributed by atoms with Gasteiger partial charge in [-0.1, -0.05) is 109 Å². The lowest BCUT2D eigenvalue weighted by Crippen LogP contribution is -1.99. The minimum absolute atomic E-state index is 0.740. The van der Waals surface area contributed by atoms with Crippen LogP contribution in [0.2, 0.25) is 0 Å². The molecule has 0 saturated carbocycles. The van der Waals surface area contributed by atoms with Gasteiger partial charge in [0.1, 0.15) is 11.5 Å². The van der Waals surface area contributed by atoms with Crippen LogP contribution in [-0.2, 0) is 11.8 Å². The van der Waals surface area contributed by atoms with E-state index in [1.807, 2.05) is 0 Å². The Morgan fingerprint density at radius 1 is 0.449 bits per heavy atom. The van der Waals surface area contributed by atoms with Gasteiger partial charge in [0.25, 0.3) is 0 Å². The zero-order chi connectivity index (χ0) is 33.6. The predicted octanol–water partition coefficient (Wildman–Crippen LogP) is 13.5. The third-order valence-electron chi connectivity index (χ3n) is 10.3. The fraction of sp³-hybridized carbons (Fsp3) is 0.0909. The Hall–Kier alpha value is -4.60. The normalized spacial score (nSPS) is 13.6. The molecule has 0 bridgehead atoms. The lowest BCUT2D eigenvalue weighted by atomic mass is 9.82.